The average Bonchev–Trinajstić information content (AvgIpc) is 2.47. The monoisotopic (exact) mass is 288 g/mol. The van der Waals surface area contributed by atoms with Crippen molar-refractivity contribution in [1.82, 2.24) is 5.32 Å². The van der Waals surface area contributed by atoms with Crippen LogP contribution in [0.3, 0.4) is 0 Å². The molecule has 0 fully saturated rings. The second kappa shape index (κ2) is 6.95. The van der Waals surface area contributed by atoms with Crippen LogP contribution in [0, 0.1) is 15.9 Å². The maximum absolute atomic E-state index is 13.2. The molecule has 0 unspecified atom stereocenters. The molecule has 4 nitrogen and oxygen atoms in total. The molecule has 0 heterocycles. The van der Waals surface area contributed by atoms with Crippen LogP contribution in [0.1, 0.15) is 24.1 Å². The van der Waals surface area contributed by atoms with Crippen LogP contribution in [-0.4, -0.2) is 11.5 Å². The van der Waals surface area contributed by atoms with Gasteiger partial charge in [0, 0.05) is 17.7 Å². The maximum Gasteiger partial charge on any atom is 0.272 e. The van der Waals surface area contributed by atoms with Gasteiger partial charge in [0.25, 0.3) is 5.69 Å². The molecule has 0 aliphatic rings. The van der Waals surface area contributed by atoms with Crippen LogP contribution in [0.25, 0.3) is 0 Å². The van der Waals surface area contributed by atoms with E-state index in [1.165, 1.54) is 18.2 Å². The molecule has 0 aliphatic carbocycles. The Labute approximate surface area is 122 Å². The van der Waals surface area contributed by atoms with Crippen molar-refractivity contribution in [1.29, 1.82) is 0 Å². The minimum absolute atomic E-state index is 0.0107. The van der Waals surface area contributed by atoms with Crippen LogP contribution in [0.5, 0.6) is 0 Å². The molecule has 1 N–H and O–H groups in total. The van der Waals surface area contributed by atoms with Gasteiger partial charge < -0.3 is 5.32 Å². The predicted molar refractivity (Wildman–Crippen MR) is 79.6 cm³/mol. The number of hydrogen-bond acceptors (Lipinski definition) is 3. The highest BCUT2D eigenvalue weighted by Gasteiger charge is 2.12. The van der Waals surface area contributed by atoms with Crippen molar-refractivity contribution >= 4 is 5.69 Å². The second-order valence-electron chi connectivity index (χ2n) is 4.87. The third-order valence-electron chi connectivity index (χ3n) is 3.38. The van der Waals surface area contributed by atoms with E-state index >= 15 is 0 Å². The topological polar surface area (TPSA) is 55.2 Å². The Morgan fingerprint density at radius 1 is 1.24 bits per heavy atom. The highest BCUT2D eigenvalue weighted by Crippen LogP contribution is 2.18. The van der Waals surface area contributed by atoms with Crippen molar-refractivity contribution in [3.05, 3.63) is 75.6 Å². The summed E-state index contributed by atoms with van der Waals surface area (Å²) in [4.78, 5) is 10.6. The van der Waals surface area contributed by atoms with Gasteiger partial charge in [-0.15, -0.1) is 0 Å². The molecule has 2 rings (SSSR count). The Kier molecular flexibility index (Phi) is 5.00. The Hall–Kier alpha value is -2.27. The Morgan fingerprint density at radius 2 is 2.00 bits per heavy atom. The zero-order valence-corrected chi connectivity index (χ0v) is 11.8. The lowest BCUT2D eigenvalue weighted by atomic mass is 10.1. The number of para-hydroxylation sites is 1. The van der Waals surface area contributed by atoms with Crippen molar-refractivity contribution < 1.29 is 9.31 Å². The predicted octanol–water partition coefficient (Wildman–Crippen LogP) is 3.63. The summed E-state index contributed by atoms with van der Waals surface area (Å²) < 4.78 is 13.2. The van der Waals surface area contributed by atoms with Crippen LogP contribution in [-0.2, 0) is 6.42 Å². The summed E-state index contributed by atoms with van der Waals surface area (Å²) >= 11 is 0. The lowest BCUT2D eigenvalue weighted by Crippen LogP contribution is -2.21. The summed E-state index contributed by atoms with van der Waals surface area (Å²) in [6.07, 6.45) is 0.552. The zero-order valence-electron chi connectivity index (χ0n) is 11.8. The average molecular weight is 288 g/mol. The van der Waals surface area contributed by atoms with Gasteiger partial charge in [-0.1, -0.05) is 30.3 Å². The number of halogens is 1. The standard InChI is InChI=1S/C16H17FN2O2/c1-12(14-6-4-7-15(17)11-14)18-10-9-13-5-2-3-8-16(13)19(20)21/h2-8,11-12,18H,9-10H2,1H3/t12-/m1/s1. The summed E-state index contributed by atoms with van der Waals surface area (Å²) in [5, 5.41) is 14.2. The summed E-state index contributed by atoms with van der Waals surface area (Å²) in [6, 6.07) is 13.1. The first-order valence-corrected chi connectivity index (χ1v) is 6.79. The van der Waals surface area contributed by atoms with Gasteiger partial charge in [-0.3, -0.25) is 10.1 Å². The van der Waals surface area contributed by atoms with E-state index in [0.717, 1.165) is 5.56 Å². The van der Waals surface area contributed by atoms with Gasteiger partial charge in [0.1, 0.15) is 5.82 Å². The molecule has 0 spiro atoms. The van der Waals surface area contributed by atoms with Crippen molar-refractivity contribution in [3.63, 3.8) is 0 Å². The molecular formula is C16H17FN2O2. The largest absolute Gasteiger partial charge is 0.310 e. The zero-order chi connectivity index (χ0) is 15.2. The van der Waals surface area contributed by atoms with Crippen molar-refractivity contribution in [2.45, 2.75) is 19.4 Å². The van der Waals surface area contributed by atoms with Gasteiger partial charge in [-0.25, -0.2) is 4.39 Å². The third-order valence-corrected chi connectivity index (χ3v) is 3.38. The minimum atomic E-state index is -0.370. The number of nitro benzene ring substituents is 1. The Bertz CT molecular complexity index is 631. The van der Waals surface area contributed by atoms with Gasteiger partial charge in [0.05, 0.1) is 4.92 Å². The maximum atomic E-state index is 13.2. The van der Waals surface area contributed by atoms with Crippen molar-refractivity contribution in [2.75, 3.05) is 6.54 Å². The normalized spacial score (nSPS) is 12.1. The molecule has 0 bridgehead atoms. The molecule has 0 amide bonds. The van der Waals surface area contributed by atoms with E-state index in [0.29, 0.717) is 18.5 Å². The number of hydrogen-bond donors (Lipinski definition) is 1. The highest BCUT2D eigenvalue weighted by molar-refractivity contribution is 5.39. The smallest absolute Gasteiger partial charge is 0.272 e. The molecule has 0 saturated carbocycles. The molecule has 0 aliphatic heterocycles. The Morgan fingerprint density at radius 3 is 2.71 bits per heavy atom. The molecular weight excluding hydrogens is 271 g/mol. The van der Waals surface area contributed by atoms with Gasteiger partial charge >= 0.3 is 0 Å². The molecule has 1 atom stereocenters. The molecule has 21 heavy (non-hydrogen) atoms. The van der Waals surface area contributed by atoms with Gasteiger partial charge in [-0.2, -0.15) is 0 Å². The van der Waals surface area contributed by atoms with E-state index < -0.39 is 0 Å². The molecule has 2 aromatic rings. The van der Waals surface area contributed by atoms with Crippen molar-refractivity contribution in [3.8, 4) is 0 Å². The first-order chi connectivity index (χ1) is 10.1. The SMILES string of the molecule is C[C@@H](NCCc1ccccc1[N+](=O)[O-])c1cccc(F)c1. The quantitative estimate of drug-likeness (QED) is 0.652. The van der Waals surface area contributed by atoms with E-state index in [-0.39, 0.29) is 22.5 Å². The fourth-order valence-corrected chi connectivity index (χ4v) is 2.22. The summed E-state index contributed by atoms with van der Waals surface area (Å²) in [5.41, 5.74) is 1.69. The summed E-state index contributed by atoms with van der Waals surface area (Å²) in [5.74, 6) is -0.264. The fraction of sp³-hybridized carbons (Fsp3) is 0.250. The molecule has 0 saturated heterocycles. The number of rotatable bonds is 6. The van der Waals surface area contributed by atoms with E-state index in [4.69, 9.17) is 0 Å². The number of nitrogens with one attached hydrogen (secondary N) is 1. The lowest BCUT2D eigenvalue weighted by molar-refractivity contribution is -0.385. The second-order valence-corrected chi connectivity index (χ2v) is 4.87. The van der Waals surface area contributed by atoms with E-state index in [9.17, 15) is 14.5 Å². The first kappa shape index (κ1) is 15.1. The van der Waals surface area contributed by atoms with Crippen molar-refractivity contribution in [2.24, 2.45) is 0 Å². The van der Waals surface area contributed by atoms with E-state index in [2.05, 4.69) is 5.32 Å². The van der Waals surface area contributed by atoms with E-state index in [1.54, 1.807) is 24.3 Å². The van der Waals surface area contributed by atoms with Gasteiger partial charge in [0.2, 0.25) is 0 Å². The number of benzene rings is 2. The van der Waals surface area contributed by atoms with Crippen LogP contribution in [0.4, 0.5) is 10.1 Å². The first-order valence-electron chi connectivity index (χ1n) is 6.79. The van der Waals surface area contributed by atoms with Crippen LogP contribution in [0.15, 0.2) is 48.5 Å². The van der Waals surface area contributed by atoms with Crippen LogP contribution < -0.4 is 5.32 Å². The van der Waals surface area contributed by atoms with Gasteiger partial charge in [0.15, 0.2) is 0 Å². The van der Waals surface area contributed by atoms with Crippen LogP contribution >= 0.6 is 0 Å². The molecule has 110 valence electrons. The van der Waals surface area contributed by atoms with Crippen LogP contribution in [0.2, 0.25) is 0 Å². The number of nitrogens with zero attached hydrogens (tertiary/aromatic N) is 1. The fourth-order valence-electron chi connectivity index (χ4n) is 2.22. The molecule has 0 radical (unpaired) electrons. The minimum Gasteiger partial charge on any atom is -0.310 e. The van der Waals surface area contributed by atoms with Gasteiger partial charge in [-0.05, 0) is 37.6 Å². The highest BCUT2D eigenvalue weighted by atomic mass is 19.1. The lowest BCUT2D eigenvalue weighted by Gasteiger charge is -2.14. The summed E-state index contributed by atoms with van der Waals surface area (Å²) in [7, 11) is 0. The molecule has 5 heteroatoms. The molecule has 0 aromatic heterocycles. The molecule has 2 aromatic carbocycles. The van der Waals surface area contributed by atoms with E-state index in [1.807, 2.05) is 13.0 Å². The number of nitro groups is 1. The Balaban J connectivity index is 1.94. The third kappa shape index (κ3) is 4.10. The summed E-state index contributed by atoms with van der Waals surface area (Å²) in [6.45, 7) is 2.52.